The van der Waals surface area contributed by atoms with Gasteiger partial charge in [0.15, 0.2) is 0 Å². The molecule has 0 saturated carbocycles. The fraction of sp³-hybridized carbons (Fsp3) is 0.333. The Kier molecular flexibility index (Phi) is 6.02. The minimum Gasteiger partial charge on any atom is -0.374 e. The van der Waals surface area contributed by atoms with Crippen LogP contribution in [0.15, 0.2) is 41.6 Å². The van der Waals surface area contributed by atoms with Crippen molar-refractivity contribution < 1.29 is 27.0 Å². The topological polar surface area (TPSA) is 67.8 Å². The van der Waals surface area contributed by atoms with E-state index >= 15 is 0 Å². The molecule has 1 saturated heterocycles. The van der Waals surface area contributed by atoms with Crippen LogP contribution in [0, 0.1) is 6.92 Å². The second-order valence-corrected chi connectivity index (χ2v) is 10.1. The second kappa shape index (κ2) is 8.35. The Morgan fingerprint density at radius 3 is 2.47 bits per heavy atom. The van der Waals surface area contributed by atoms with Crippen LogP contribution in [-0.2, 0) is 21.2 Å². The van der Waals surface area contributed by atoms with Gasteiger partial charge in [0.2, 0.25) is 0 Å². The highest BCUT2D eigenvalue weighted by atomic mass is 35.5. The lowest BCUT2D eigenvalue weighted by atomic mass is 9.85. The summed E-state index contributed by atoms with van der Waals surface area (Å²) in [6.07, 6.45) is -5.42. The molecule has 0 aromatic heterocycles. The van der Waals surface area contributed by atoms with Gasteiger partial charge < -0.3 is 10.2 Å². The first-order valence-electron chi connectivity index (χ1n) is 9.54. The molecule has 1 fully saturated rings. The van der Waals surface area contributed by atoms with E-state index in [1.807, 2.05) is 0 Å². The summed E-state index contributed by atoms with van der Waals surface area (Å²) < 4.78 is 53.9. The molecule has 2 aliphatic rings. The lowest BCUT2D eigenvalue weighted by molar-refractivity contribution is -0.275. The van der Waals surface area contributed by atoms with Gasteiger partial charge in [-0.3, -0.25) is 9.00 Å². The first-order valence-corrected chi connectivity index (χ1v) is 11.8. The first kappa shape index (κ1) is 23.1. The van der Waals surface area contributed by atoms with E-state index in [9.17, 15) is 22.2 Å². The van der Waals surface area contributed by atoms with Gasteiger partial charge in [0.25, 0.3) is 11.5 Å². The van der Waals surface area contributed by atoms with Crippen LogP contribution in [0.1, 0.15) is 33.5 Å². The van der Waals surface area contributed by atoms with Gasteiger partial charge in [0.05, 0.1) is 11.8 Å². The summed E-state index contributed by atoms with van der Waals surface area (Å²) in [4.78, 5) is 17.7. The predicted octanol–water partition coefficient (Wildman–Crippen LogP) is 4.74. The van der Waals surface area contributed by atoms with Crippen molar-refractivity contribution in [3.05, 3.63) is 68.7 Å². The number of halogens is 5. The molecule has 5 nitrogen and oxygen atoms in total. The minimum absolute atomic E-state index is 0.0416. The Labute approximate surface area is 194 Å². The fourth-order valence-corrected chi connectivity index (χ4v) is 5.27. The molecular formula is C21H17Cl2F3N2O3S. The van der Waals surface area contributed by atoms with Crippen molar-refractivity contribution in [1.82, 2.24) is 5.32 Å². The summed E-state index contributed by atoms with van der Waals surface area (Å²) in [5, 5.41) is 6.63. The van der Waals surface area contributed by atoms with Gasteiger partial charge in [-0.2, -0.15) is 13.2 Å². The molecule has 32 heavy (non-hydrogen) atoms. The van der Waals surface area contributed by atoms with Crippen LogP contribution in [0.2, 0.25) is 10.0 Å². The second-order valence-electron chi connectivity index (χ2n) is 7.71. The number of nitrogens with one attached hydrogen (secondary N) is 1. The van der Waals surface area contributed by atoms with Crippen molar-refractivity contribution in [2.24, 2.45) is 5.16 Å². The summed E-state index contributed by atoms with van der Waals surface area (Å²) in [6.45, 7) is 1.63. The van der Waals surface area contributed by atoms with E-state index in [2.05, 4.69) is 10.5 Å². The number of alkyl halides is 3. The average Bonchev–Trinajstić information content (AvgIpc) is 3.13. The summed E-state index contributed by atoms with van der Waals surface area (Å²) in [7, 11) is -0.921. The van der Waals surface area contributed by atoms with E-state index in [1.54, 1.807) is 25.1 Å². The number of amides is 1. The third kappa shape index (κ3) is 4.13. The Morgan fingerprint density at radius 1 is 1.22 bits per heavy atom. The number of rotatable bonds is 4. The molecule has 0 spiro atoms. The summed E-state index contributed by atoms with van der Waals surface area (Å²) >= 11 is 11.9. The van der Waals surface area contributed by atoms with E-state index < -0.39 is 29.0 Å². The molecule has 2 aromatic rings. The van der Waals surface area contributed by atoms with E-state index in [4.69, 9.17) is 28.0 Å². The van der Waals surface area contributed by atoms with E-state index in [-0.39, 0.29) is 33.3 Å². The van der Waals surface area contributed by atoms with Crippen molar-refractivity contribution >= 4 is 45.6 Å². The van der Waals surface area contributed by atoms with Crippen molar-refractivity contribution in [3.8, 4) is 0 Å². The molecule has 1 unspecified atom stereocenters. The van der Waals surface area contributed by atoms with Crippen molar-refractivity contribution in [2.45, 2.75) is 31.2 Å². The molecule has 1 N–H and O–H groups in total. The number of nitrogens with zero attached hydrogens (tertiary/aromatic N) is 1. The zero-order valence-electron chi connectivity index (χ0n) is 16.6. The number of oxime groups is 1. The van der Waals surface area contributed by atoms with Crippen LogP contribution in [0.25, 0.3) is 0 Å². The molecule has 4 rings (SSSR count). The largest absolute Gasteiger partial charge is 0.435 e. The number of benzene rings is 2. The van der Waals surface area contributed by atoms with E-state index in [0.29, 0.717) is 28.2 Å². The number of carbonyl (C=O) groups is 1. The maximum atomic E-state index is 14.2. The minimum atomic E-state index is -4.81. The highest BCUT2D eigenvalue weighted by Crippen LogP contribution is 2.50. The van der Waals surface area contributed by atoms with Crippen molar-refractivity contribution in [2.75, 3.05) is 11.5 Å². The number of hydrogen-bond donors (Lipinski definition) is 1. The maximum absolute atomic E-state index is 14.2. The van der Waals surface area contributed by atoms with Crippen LogP contribution >= 0.6 is 23.2 Å². The van der Waals surface area contributed by atoms with Gasteiger partial charge in [0, 0.05) is 55.5 Å². The Morgan fingerprint density at radius 2 is 1.88 bits per heavy atom. The molecule has 0 radical (unpaired) electrons. The van der Waals surface area contributed by atoms with Gasteiger partial charge in [-0.05, 0) is 36.8 Å². The van der Waals surface area contributed by atoms with Gasteiger partial charge >= 0.3 is 6.18 Å². The van der Waals surface area contributed by atoms with Gasteiger partial charge in [-0.15, -0.1) is 0 Å². The molecule has 11 heteroatoms. The molecule has 1 atom stereocenters. The Balaban J connectivity index is 1.65. The Bertz CT molecular complexity index is 1130. The van der Waals surface area contributed by atoms with E-state index in [0.717, 1.165) is 12.1 Å². The highest BCUT2D eigenvalue weighted by molar-refractivity contribution is 7.86. The van der Waals surface area contributed by atoms with Crippen LogP contribution in [-0.4, -0.2) is 39.6 Å². The predicted molar refractivity (Wildman–Crippen MR) is 117 cm³/mol. The molecule has 2 heterocycles. The summed E-state index contributed by atoms with van der Waals surface area (Å²) in [5.74, 6) is 0.400. The molecule has 0 aliphatic carbocycles. The zero-order valence-corrected chi connectivity index (χ0v) is 19.0. The van der Waals surface area contributed by atoms with Gasteiger partial charge in [-0.25, -0.2) is 0 Å². The van der Waals surface area contributed by atoms with Crippen LogP contribution in [0.4, 0.5) is 13.2 Å². The molecule has 0 bridgehead atoms. The molecular weight excluding hydrogens is 488 g/mol. The quantitative estimate of drug-likeness (QED) is 0.653. The van der Waals surface area contributed by atoms with Crippen molar-refractivity contribution in [3.63, 3.8) is 0 Å². The SMILES string of the molecule is Cc1c(C(=O)NC2CS(=O)C2)cccc1C1=NOC(c2cc(Cl)cc(Cl)c2)(C(F)(F)F)C1. The van der Waals surface area contributed by atoms with Crippen LogP contribution in [0.3, 0.4) is 0 Å². The van der Waals surface area contributed by atoms with E-state index in [1.165, 1.54) is 6.07 Å². The zero-order chi connectivity index (χ0) is 23.3. The average molecular weight is 505 g/mol. The van der Waals surface area contributed by atoms with Crippen LogP contribution in [0.5, 0.6) is 0 Å². The molecule has 2 aliphatic heterocycles. The van der Waals surface area contributed by atoms with Gasteiger partial charge in [-0.1, -0.05) is 40.5 Å². The lowest BCUT2D eigenvalue weighted by Gasteiger charge is -2.29. The third-order valence-electron chi connectivity index (χ3n) is 5.51. The number of hydrogen-bond acceptors (Lipinski definition) is 4. The summed E-state index contributed by atoms with van der Waals surface area (Å²) in [5.41, 5.74) is -1.82. The molecule has 2 aromatic carbocycles. The maximum Gasteiger partial charge on any atom is 0.435 e. The third-order valence-corrected chi connectivity index (χ3v) is 7.50. The highest BCUT2D eigenvalue weighted by Gasteiger charge is 2.62. The first-order chi connectivity index (χ1) is 15.0. The van der Waals surface area contributed by atoms with Crippen molar-refractivity contribution in [1.29, 1.82) is 0 Å². The lowest BCUT2D eigenvalue weighted by Crippen LogP contribution is -2.50. The normalized spacial score (nSPS) is 25.0. The standard InChI is InChI=1S/C21H17Cl2F3N2O3S/c1-11-16(3-2-4-17(11)19(29)27-15-9-32(30)10-15)18-8-20(31-28-18,21(24,25)26)12-5-13(22)7-14(23)6-12/h2-7,15H,8-10H2,1H3,(H,27,29). The fourth-order valence-electron chi connectivity index (χ4n) is 3.78. The van der Waals surface area contributed by atoms with Gasteiger partial charge in [0.1, 0.15) is 0 Å². The van der Waals surface area contributed by atoms with Crippen LogP contribution < -0.4 is 5.32 Å². The smallest absolute Gasteiger partial charge is 0.374 e. The Hall–Kier alpha value is -2.10. The molecule has 170 valence electrons. The monoisotopic (exact) mass is 504 g/mol. The number of carbonyl (C=O) groups excluding carboxylic acids is 1. The molecule has 1 amide bonds. The summed E-state index contributed by atoms with van der Waals surface area (Å²) in [6, 6.07) is 8.19.